The van der Waals surface area contributed by atoms with Gasteiger partial charge in [0.2, 0.25) is 5.95 Å². The SMILES string of the molecule is COC(=O)C(OC)Oc1nn(-c2cnccn2)c(-c2ccc(F)nc2)c1Cl. The Morgan fingerprint density at radius 3 is 2.63 bits per heavy atom. The van der Waals surface area contributed by atoms with Gasteiger partial charge in [-0.25, -0.2) is 19.4 Å². The van der Waals surface area contributed by atoms with Crippen LogP contribution in [0.5, 0.6) is 5.88 Å². The summed E-state index contributed by atoms with van der Waals surface area (Å²) in [7, 11) is 2.45. The number of pyridine rings is 1. The van der Waals surface area contributed by atoms with Gasteiger partial charge in [-0.05, 0) is 12.1 Å². The fourth-order valence-corrected chi connectivity index (χ4v) is 2.45. The van der Waals surface area contributed by atoms with Crippen LogP contribution < -0.4 is 4.74 Å². The highest BCUT2D eigenvalue weighted by molar-refractivity contribution is 6.34. The highest BCUT2D eigenvalue weighted by Gasteiger charge is 2.27. The van der Waals surface area contributed by atoms with Crippen molar-refractivity contribution in [2.45, 2.75) is 6.29 Å². The van der Waals surface area contributed by atoms with Gasteiger partial charge in [0.1, 0.15) is 10.7 Å². The van der Waals surface area contributed by atoms with Crippen LogP contribution in [-0.4, -0.2) is 51.2 Å². The summed E-state index contributed by atoms with van der Waals surface area (Å²) < 4.78 is 29.5. The summed E-state index contributed by atoms with van der Waals surface area (Å²) in [5.41, 5.74) is 0.765. The molecule has 0 saturated carbocycles. The Balaban J connectivity index is 2.11. The van der Waals surface area contributed by atoms with Gasteiger partial charge in [0, 0.05) is 31.3 Å². The predicted octanol–water partition coefficient (Wildman–Crippen LogP) is 2.04. The topological polar surface area (TPSA) is 101 Å². The normalized spacial score (nSPS) is 11.9. The predicted molar refractivity (Wildman–Crippen MR) is 90.8 cm³/mol. The van der Waals surface area contributed by atoms with E-state index < -0.39 is 18.2 Å². The number of methoxy groups -OCH3 is 2. The van der Waals surface area contributed by atoms with Gasteiger partial charge in [-0.2, -0.15) is 4.39 Å². The number of ether oxygens (including phenoxy) is 3. The number of halogens is 2. The first-order valence-corrected chi connectivity index (χ1v) is 7.87. The van der Waals surface area contributed by atoms with Crippen LogP contribution in [0.25, 0.3) is 17.1 Å². The van der Waals surface area contributed by atoms with Gasteiger partial charge in [-0.15, -0.1) is 5.10 Å². The Hall–Kier alpha value is -3.11. The lowest BCUT2D eigenvalue weighted by Gasteiger charge is -2.12. The maximum absolute atomic E-state index is 13.2. The van der Waals surface area contributed by atoms with Gasteiger partial charge in [0.25, 0.3) is 5.88 Å². The second-order valence-corrected chi connectivity index (χ2v) is 5.40. The summed E-state index contributed by atoms with van der Waals surface area (Å²) >= 11 is 6.42. The fourth-order valence-electron chi connectivity index (χ4n) is 2.18. The highest BCUT2D eigenvalue weighted by Crippen LogP contribution is 2.37. The number of hydrogen-bond acceptors (Lipinski definition) is 8. The van der Waals surface area contributed by atoms with Crippen molar-refractivity contribution in [2.24, 2.45) is 0 Å². The first-order chi connectivity index (χ1) is 13.0. The van der Waals surface area contributed by atoms with Crippen molar-refractivity contribution >= 4 is 17.6 Å². The minimum Gasteiger partial charge on any atom is -0.464 e. The van der Waals surface area contributed by atoms with Gasteiger partial charge >= 0.3 is 12.3 Å². The van der Waals surface area contributed by atoms with Gasteiger partial charge < -0.3 is 14.2 Å². The van der Waals surface area contributed by atoms with E-state index in [4.69, 9.17) is 21.1 Å². The minimum atomic E-state index is -1.38. The van der Waals surface area contributed by atoms with E-state index in [1.165, 1.54) is 55.8 Å². The smallest absolute Gasteiger partial charge is 0.376 e. The van der Waals surface area contributed by atoms with E-state index >= 15 is 0 Å². The third-order valence-electron chi connectivity index (χ3n) is 3.39. The first kappa shape index (κ1) is 18.7. The quantitative estimate of drug-likeness (QED) is 0.356. The van der Waals surface area contributed by atoms with Crippen LogP contribution in [-0.2, 0) is 14.3 Å². The molecular formula is C16H13ClFN5O4. The summed E-state index contributed by atoms with van der Waals surface area (Å²) in [6.07, 6.45) is 4.30. The molecule has 0 N–H and O–H groups in total. The van der Waals surface area contributed by atoms with Crippen molar-refractivity contribution in [3.05, 3.63) is 47.9 Å². The van der Waals surface area contributed by atoms with Crippen LogP contribution in [0, 0.1) is 5.95 Å². The summed E-state index contributed by atoms with van der Waals surface area (Å²) in [6.45, 7) is 0. The van der Waals surface area contributed by atoms with Crippen LogP contribution in [0.1, 0.15) is 0 Å². The van der Waals surface area contributed by atoms with Crippen molar-refractivity contribution in [3.8, 4) is 23.0 Å². The zero-order chi connectivity index (χ0) is 19.4. The number of carbonyl (C=O) groups is 1. The van der Waals surface area contributed by atoms with Crippen molar-refractivity contribution in [1.82, 2.24) is 24.7 Å². The molecule has 0 amide bonds. The average molecular weight is 394 g/mol. The van der Waals surface area contributed by atoms with Crippen molar-refractivity contribution < 1.29 is 23.4 Å². The first-order valence-electron chi connectivity index (χ1n) is 7.49. The van der Waals surface area contributed by atoms with E-state index in [1.54, 1.807) is 0 Å². The van der Waals surface area contributed by atoms with Crippen LogP contribution in [0.15, 0.2) is 36.9 Å². The Kier molecular flexibility index (Phi) is 5.57. The Morgan fingerprint density at radius 1 is 1.22 bits per heavy atom. The Bertz CT molecular complexity index is 936. The number of carbonyl (C=O) groups excluding carboxylic acids is 1. The number of hydrogen-bond donors (Lipinski definition) is 0. The molecule has 0 spiro atoms. The molecule has 1 atom stereocenters. The van der Waals surface area contributed by atoms with Crippen LogP contribution in [0.2, 0.25) is 5.02 Å². The number of aromatic nitrogens is 5. The van der Waals surface area contributed by atoms with E-state index in [2.05, 4.69) is 24.8 Å². The van der Waals surface area contributed by atoms with Gasteiger partial charge in [0.15, 0.2) is 5.82 Å². The summed E-state index contributed by atoms with van der Waals surface area (Å²) in [6, 6.07) is 2.64. The van der Waals surface area contributed by atoms with Crippen molar-refractivity contribution in [2.75, 3.05) is 14.2 Å². The molecule has 0 aliphatic carbocycles. The molecule has 9 nitrogen and oxygen atoms in total. The highest BCUT2D eigenvalue weighted by atomic mass is 35.5. The molecule has 3 rings (SSSR count). The summed E-state index contributed by atoms with van der Waals surface area (Å²) in [4.78, 5) is 23.5. The standard InChI is InChI=1S/C16H13ClFN5O4/c1-25-15(24)16(26-2)27-14-12(17)13(9-3-4-10(18)21-7-9)23(22-14)11-8-19-5-6-20-11/h3-8,16H,1-2H3. The molecule has 3 aromatic rings. The van der Waals surface area contributed by atoms with E-state index in [0.29, 0.717) is 17.1 Å². The van der Waals surface area contributed by atoms with E-state index in [-0.39, 0.29) is 10.9 Å². The zero-order valence-corrected chi connectivity index (χ0v) is 14.9. The summed E-state index contributed by atoms with van der Waals surface area (Å²) in [5, 5.41) is 4.28. The monoisotopic (exact) mass is 393 g/mol. The molecular weight excluding hydrogens is 381 g/mol. The molecule has 0 fully saturated rings. The number of esters is 1. The summed E-state index contributed by atoms with van der Waals surface area (Å²) in [5.74, 6) is -1.21. The molecule has 27 heavy (non-hydrogen) atoms. The van der Waals surface area contributed by atoms with Crippen molar-refractivity contribution in [1.29, 1.82) is 0 Å². The van der Waals surface area contributed by atoms with Crippen LogP contribution in [0.4, 0.5) is 4.39 Å². The fraction of sp³-hybridized carbons (Fsp3) is 0.188. The van der Waals surface area contributed by atoms with E-state index in [9.17, 15) is 9.18 Å². The zero-order valence-electron chi connectivity index (χ0n) is 14.2. The van der Waals surface area contributed by atoms with Gasteiger partial charge in [-0.3, -0.25) is 4.98 Å². The van der Waals surface area contributed by atoms with Crippen LogP contribution >= 0.6 is 11.6 Å². The molecule has 0 saturated heterocycles. The second kappa shape index (κ2) is 8.06. The molecule has 0 aliphatic rings. The third-order valence-corrected chi connectivity index (χ3v) is 3.73. The minimum absolute atomic E-state index is 0.0417. The second-order valence-electron chi connectivity index (χ2n) is 5.02. The number of rotatable bonds is 6. The maximum atomic E-state index is 13.2. The van der Waals surface area contributed by atoms with E-state index in [1.807, 2.05) is 0 Å². The molecule has 3 heterocycles. The lowest BCUT2D eigenvalue weighted by molar-refractivity contribution is -0.170. The van der Waals surface area contributed by atoms with Gasteiger partial charge in [0.05, 0.1) is 13.3 Å². The van der Waals surface area contributed by atoms with Crippen molar-refractivity contribution in [3.63, 3.8) is 0 Å². The molecule has 11 heteroatoms. The molecule has 3 aromatic heterocycles. The lowest BCUT2D eigenvalue weighted by atomic mass is 10.2. The molecule has 0 bridgehead atoms. The Labute approximate surface area is 157 Å². The Morgan fingerprint density at radius 2 is 2.04 bits per heavy atom. The average Bonchev–Trinajstić information content (AvgIpc) is 3.03. The molecule has 0 radical (unpaired) electrons. The lowest BCUT2D eigenvalue weighted by Crippen LogP contribution is -2.30. The van der Waals surface area contributed by atoms with Gasteiger partial charge in [-0.1, -0.05) is 11.6 Å². The molecule has 140 valence electrons. The van der Waals surface area contributed by atoms with Crippen LogP contribution in [0.3, 0.4) is 0 Å². The van der Waals surface area contributed by atoms with E-state index in [0.717, 1.165) is 0 Å². The number of nitrogens with zero attached hydrogens (tertiary/aromatic N) is 5. The molecule has 0 aliphatic heterocycles. The molecule has 0 aromatic carbocycles. The molecule has 1 unspecified atom stereocenters. The third kappa shape index (κ3) is 3.86. The maximum Gasteiger partial charge on any atom is 0.376 e. The largest absolute Gasteiger partial charge is 0.464 e.